The molecule has 3 heterocycles. The summed E-state index contributed by atoms with van der Waals surface area (Å²) in [6.45, 7) is 0.455. The molecule has 0 saturated carbocycles. The summed E-state index contributed by atoms with van der Waals surface area (Å²) in [6, 6.07) is 15.7. The molecular weight excluding hydrogens is 446 g/mol. The Bertz CT molecular complexity index is 1330. The Morgan fingerprint density at radius 1 is 1.03 bits per heavy atom. The molecule has 1 saturated heterocycles. The number of aromatic amines is 1. The number of nitrogens with one attached hydrogen (secondary N) is 3. The number of ether oxygens (including phenoxy) is 1. The van der Waals surface area contributed by atoms with E-state index in [-0.39, 0.29) is 30.4 Å². The molecule has 4 aromatic rings. The number of anilines is 2. The number of H-pyrrole nitrogens is 1. The number of benzene rings is 2. The third kappa shape index (κ3) is 4.91. The molecule has 1 aliphatic heterocycles. The third-order valence-electron chi connectivity index (χ3n) is 6.07. The van der Waals surface area contributed by atoms with Gasteiger partial charge in [0, 0.05) is 23.0 Å². The van der Waals surface area contributed by atoms with E-state index in [1.54, 1.807) is 54.7 Å². The van der Waals surface area contributed by atoms with Crippen molar-refractivity contribution in [2.75, 3.05) is 23.8 Å². The molecule has 2 aromatic heterocycles. The number of aliphatic hydroxyl groups is 1. The highest BCUT2D eigenvalue weighted by Gasteiger charge is 2.24. The Morgan fingerprint density at radius 3 is 2.54 bits per heavy atom. The smallest absolute Gasteiger partial charge is 0.255 e. The van der Waals surface area contributed by atoms with Crippen LogP contribution < -0.4 is 10.6 Å². The molecule has 1 aliphatic rings. The summed E-state index contributed by atoms with van der Waals surface area (Å²) < 4.78 is 5.66. The SMILES string of the molecule is O=C(Nc1ccc(C(=O)c2c[nH]c3ncnc(NC4CCC(CO)OC4)c23)cc1)c1ccccc1. The van der Waals surface area contributed by atoms with Gasteiger partial charge in [0.2, 0.25) is 0 Å². The molecule has 9 heteroatoms. The van der Waals surface area contributed by atoms with Gasteiger partial charge in [-0.1, -0.05) is 18.2 Å². The minimum absolute atomic E-state index is 0.00958. The van der Waals surface area contributed by atoms with Gasteiger partial charge in [0.1, 0.15) is 17.8 Å². The number of nitrogens with zero attached hydrogens (tertiary/aromatic N) is 2. The number of rotatable bonds is 7. The maximum atomic E-state index is 13.4. The summed E-state index contributed by atoms with van der Waals surface area (Å²) in [7, 11) is 0. The maximum absolute atomic E-state index is 13.4. The molecule has 0 aliphatic carbocycles. The van der Waals surface area contributed by atoms with Crippen molar-refractivity contribution in [3.63, 3.8) is 0 Å². The van der Waals surface area contributed by atoms with E-state index in [1.807, 2.05) is 6.07 Å². The van der Waals surface area contributed by atoms with Crippen LogP contribution in [0.25, 0.3) is 11.0 Å². The minimum atomic E-state index is -0.217. The van der Waals surface area contributed by atoms with Crippen molar-refractivity contribution in [2.45, 2.75) is 25.0 Å². The molecule has 2 aromatic carbocycles. The van der Waals surface area contributed by atoms with Crippen LogP contribution >= 0.6 is 0 Å². The van der Waals surface area contributed by atoms with Crippen LogP contribution in [-0.4, -0.2) is 57.1 Å². The molecule has 1 amide bonds. The van der Waals surface area contributed by atoms with E-state index in [9.17, 15) is 14.7 Å². The van der Waals surface area contributed by atoms with Gasteiger partial charge in [-0.25, -0.2) is 9.97 Å². The van der Waals surface area contributed by atoms with Crippen molar-refractivity contribution in [2.24, 2.45) is 0 Å². The van der Waals surface area contributed by atoms with Crippen molar-refractivity contribution in [1.82, 2.24) is 15.0 Å². The molecule has 178 valence electrons. The van der Waals surface area contributed by atoms with Crippen molar-refractivity contribution in [3.8, 4) is 0 Å². The second-order valence-electron chi connectivity index (χ2n) is 8.43. The molecular formula is C26H25N5O4. The van der Waals surface area contributed by atoms with Gasteiger partial charge < -0.3 is 25.5 Å². The van der Waals surface area contributed by atoms with Gasteiger partial charge >= 0.3 is 0 Å². The number of ketones is 1. The number of carbonyl (C=O) groups excluding carboxylic acids is 2. The summed E-state index contributed by atoms with van der Waals surface area (Å²) in [5, 5.41) is 16.1. The van der Waals surface area contributed by atoms with Crippen LogP contribution in [0.2, 0.25) is 0 Å². The zero-order chi connectivity index (χ0) is 24.2. The molecule has 0 bridgehead atoms. The lowest BCUT2D eigenvalue weighted by molar-refractivity contribution is -0.0224. The second kappa shape index (κ2) is 10.0. The summed E-state index contributed by atoms with van der Waals surface area (Å²) >= 11 is 0. The number of fused-ring (bicyclic) bond motifs is 1. The Labute approximate surface area is 201 Å². The Hall–Kier alpha value is -4.08. The average molecular weight is 472 g/mol. The summed E-state index contributed by atoms with van der Waals surface area (Å²) in [5.41, 5.74) is 2.64. The molecule has 35 heavy (non-hydrogen) atoms. The lowest BCUT2D eigenvalue weighted by Crippen LogP contribution is -2.36. The molecule has 2 unspecified atom stereocenters. The van der Waals surface area contributed by atoms with Gasteiger partial charge in [-0.15, -0.1) is 0 Å². The zero-order valence-corrected chi connectivity index (χ0v) is 18.9. The largest absolute Gasteiger partial charge is 0.394 e. The summed E-state index contributed by atoms with van der Waals surface area (Å²) in [6.07, 6.45) is 4.51. The molecule has 0 radical (unpaired) electrons. The monoisotopic (exact) mass is 471 g/mol. The van der Waals surface area contributed by atoms with Crippen molar-refractivity contribution in [1.29, 1.82) is 0 Å². The fourth-order valence-corrected chi connectivity index (χ4v) is 4.16. The number of carbonyl (C=O) groups is 2. The van der Waals surface area contributed by atoms with Crippen LogP contribution in [0.5, 0.6) is 0 Å². The highest BCUT2D eigenvalue weighted by Crippen LogP contribution is 2.28. The first-order valence-corrected chi connectivity index (χ1v) is 11.4. The predicted octanol–water partition coefficient (Wildman–Crippen LogP) is 3.39. The van der Waals surface area contributed by atoms with Crippen LogP contribution in [0.1, 0.15) is 39.1 Å². The quantitative estimate of drug-likeness (QED) is 0.304. The van der Waals surface area contributed by atoms with E-state index in [0.717, 1.165) is 12.8 Å². The van der Waals surface area contributed by atoms with Gasteiger partial charge in [-0.2, -0.15) is 0 Å². The number of amides is 1. The molecule has 5 rings (SSSR count). The first kappa shape index (κ1) is 22.7. The van der Waals surface area contributed by atoms with Gasteiger partial charge in [0.25, 0.3) is 5.91 Å². The Morgan fingerprint density at radius 2 is 1.83 bits per heavy atom. The number of hydrogen-bond acceptors (Lipinski definition) is 7. The highest BCUT2D eigenvalue weighted by molar-refractivity contribution is 6.18. The van der Waals surface area contributed by atoms with Crippen LogP contribution in [-0.2, 0) is 4.74 Å². The zero-order valence-electron chi connectivity index (χ0n) is 18.9. The molecule has 1 fully saturated rings. The van der Waals surface area contributed by atoms with Gasteiger partial charge in [-0.05, 0) is 49.2 Å². The van der Waals surface area contributed by atoms with Gasteiger partial charge in [0.05, 0.1) is 36.3 Å². The van der Waals surface area contributed by atoms with E-state index < -0.39 is 0 Å². The van der Waals surface area contributed by atoms with Crippen molar-refractivity contribution in [3.05, 3.63) is 83.8 Å². The molecule has 2 atom stereocenters. The van der Waals surface area contributed by atoms with Crippen LogP contribution in [0.15, 0.2) is 67.1 Å². The number of aromatic nitrogens is 3. The van der Waals surface area contributed by atoms with E-state index in [1.165, 1.54) is 6.33 Å². The predicted molar refractivity (Wildman–Crippen MR) is 132 cm³/mol. The maximum Gasteiger partial charge on any atom is 0.255 e. The fraction of sp³-hybridized carbons (Fsp3) is 0.231. The normalized spacial score (nSPS) is 17.7. The number of hydrogen-bond donors (Lipinski definition) is 4. The van der Waals surface area contributed by atoms with Crippen molar-refractivity contribution >= 4 is 34.2 Å². The van der Waals surface area contributed by atoms with Crippen LogP contribution in [0.3, 0.4) is 0 Å². The lowest BCUT2D eigenvalue weighted by atomic mass is 10.0. The van der Waals surface area contributed by atoms with Gasteiger partial charge in [0.15, 0.2) is 5.78 Å². The minimum Gasteiger partial charge on any atom is -0.394 e. The Kier molecular flexibility index (Phi) is 6.51. The first-order valence-electron chi connectivity index (χ1n) is 11.4. The van der Waals surface area contributed by atoms with Crippen molar-refractivity contribution < 1.29 is 19.4 Å². The number of aliphatic hydroxyl groups excluding tert-OH is 1. The van der Waals surface area contributed by atoms with Crippen LogP contribution in [0, 0.1) is 0 Å². The molecule has 0 spiro atoms. The summed E-state index contributed by atoms with van der Waals surface area (Å²) in [5.74, 6) is 0.156. The van der Waals surface area contributed by atoms with Gasteiger partial charge in [-0.3, -0.25) is 9.59 Å². The highest BCUT2D eigenvalue weighted by atomic mass is 16.5. The fourth-order valence-electron chi connectivity index (χ4n) is 4.16. The second-order valence-corrected chi connectivity index (χ2v) is 8.43. The topological polar surface area (TPSA) is 129 Å². The molecule has 4 N–H and O–H groups in total. The lowest BCUT2D eigenvalue weighted by Gasteiger charge is -2.29. The third-order valence-corrected chi connectivity index (χ3v) is 6.07. The Balaban J connectivity index is 1.34. The van der Waals surface area contributed by atoms with Crippen LogP contribution in [0.4, 0.5) is 11.5 Å². The average Bonchev–Trinajstić information content (AvgIpc) is 3.35. The van der Waals surface area contributed by atoms with E-state index in [0.29, 0.717) is 45.8 Å². The standard InChI is InChI=1S/C26H25N5O4/c32-13-20-11-10-19(14-35-20)30-25-22-21(12-27-24(22)28-15-29-25)23(33)16-6-8-18(9-7-16)31-26(34)17-4-2-1-3-5-17/h1-9,12,15,19-20,32H,10-11,13-14H2,(H,31,34)(H2,27,28,29,30). The first-order chi connectivity index (χ1) is 17.1. The molecule has 9 nitrogen and oxygen atoms in total. The van der Waals surface area contributed by atoms with E-state index in [2.05, 4.69) is 25.6 Å². The van der Waals surface area contributed by atoms with E-state index >= 15 is 0 Å². The van der Waals surface area contributed by atoms with E-state index in [4.69, 9.17) is 4.74 Å². The summed E-state index contributed by atoms with van der Waals surface area (Å²) in [4.78, 5) is 37.4.